The Morgan fingerprint density at radius 3 is 1.27 bits per heavy atom. The summed E-state index contributed by atoms with van der Waals surface area (Å²) in [5.41, 5.74) is 10.3. The number of thioether (sulfide) groups is 3. The fraction of sp³-hybridized carbons (Fsp3) is 0.402. The molecular weight excluding hydrogens is 1830 g/mol. The second-order valence-electron chi connectivity index (χ2n) is 32.7. The van der Waals surface area contributed by atoms with Gasteiger partial charge >= 0.3 is 13.9 Å². The van der Waals surface area contributed by atoms with Gasteiger partial charge in [-0.2, -0.15) is 34.0 Å². The molecule has 678 valence electrons. The molecule has 7 amide bonds. The van der Waals surface area contributed by atoms with E-state index >= 15 is 0 Å². The largest absolute Gasteiger partial charge is 0.471 e. The first kappa shape index (κ1) is 98.5. The van der Waals surface area contributed by atoms with Gasteiger partial charge in [0.25, 0.3) is 33.4 Å². The summed E-state index contributed by atoms with van der Waals surface area (Å²) in [5.74, 6) is 1.87. The first-order valence-corrected chi connectivity index (χ1v) is 53.8. The van der Waals surface area contributed by atoms with Gasteiger partial charge in [-0.3, -0.25) is 67.6 Å². The highest BCUT2D eigenvalue weighted by Crippen LogP contribution is 2.43. The standard InChI is InChI=1S/C33H40N5O6PS2.C26H28N5O6PS2.C25H25N5O2S2.C3H8ClO2P/c1-33(2,3)44-31(40)37(19-25-7-6-8-27(35-25)23-14-16-46-20-23)26-11-9-22(10-12-26)17-29-34-15-13-24(36-29)18-28-30(39)38(32(41)47-28)21-43-45(4,5)42;32-25-23(40-26(33)31(25)16-37-38(34,35)36)13-20-8-10-27-24(30-20)12-17-4-6-19(7-5-17)28-14-21-2-1-3-22(29-21)18-9-11-39-15-18;31-24-22(34-25(32)30-24)13-19-8-10-26-23(29-19)12-16-4-6-18(7-5-16)27-14-20-2-1-3-21(28-20)17-9-11-33-15-17;1-7(2,5)6-3-4/h6-8,13-16,18,20,22,26H,9-12,17,19,21H2,1-5H3;1-3,8-11,13,15,17,19,28H,4-7,12,14,16H2,(H2,34,35,36);1-3,8-11,13,15-16,18,27H,4-7,12,14H2,(H,30,31,32);3H2,1-2H3/b28-18-;23-13-;22-13-;. The summed E-state index contributed by atoms with van der Waals surface area (Å²) in [4.78, 5) is 150. The number of carbonyl (C=O) groups excluding carboxylic acids is 7. The monoisotopic (exact) mass is 1930 g/mol. The number of phosphoric ester groups is 1. The lowest BCUT2D eigenvalue weighted by atomic mass is 9.83. The fourth-order valence-electron chi connectivity index (χ4n) is 14.6. The van der Waals surface area contributed by atoms with E-state index < -0.39 is 57.2 Å². The number of ether oxygens (including phenoxy) is 1. The quantitative estimate of drug-likeness (QED) is 0.0165. The van der Waals surface area contributed by atoms with Crippen molar-refractivity contribution < 1.29 is 75.4 Å². The van der Waals surface area contributed by atoms with Gasteiger partial charge in [0.05, 0.1) is 72.5 Å². The normalized spacial score (nSPS) is 20.2. The molecule has 31 nitrogen and oxygen atoms in total. The molecule has 9 aromatic rings. The summed E-state index contributed by atoms with van der Waals surface area (Å²) in [6.45, 7) is 12.2. The Labute approximate surface area is 772 Å². The number of imide groups is 3. The Morgan fingerprint density at radius 2 is 0.906 bits per heavy atom. The molecule has 128 heavy (non-hydrogen) atoms. The lowest BCUT2D eigenvalue weighted by Crippen LogP contribution is -2.44. The number of amides is 7. The molecule has 0 bridgehead atoms. The molecule has 0 unspecified atom stereocenters. The number of nitrogens with zero attached hydrogens (tertiary/aromatic N) is 12. The zero-order chi connectivity index (χ0) is 91.1. The molecule has 3 saturated carbocycles. The molecule has 9 aromatic heterocycles. The lowest BCUT2D eigenvalue weighted by molar-refractivity contribution is -0.125. The molecule has 3 saturated heterocycles. The molecule has 15 rings (SSSR count). The number of halogens is 1. The number of rotatable bonds is 29. The minimum atomic E-state index is -4.82. The number of hydrogen-bond acceptors (Lipinski definition) is 31. The van der Waals surface area contributed by atoms with Crippen molar-refractivity contribution >= 4 is 161 Å². The van der Waals surface area contributed by atoms with E-state index in [4.69, 9.17) is 45.6 Å². The lowest BCUT2D eigenvalue weighted by Gasteiger charge is -2.37. The summed E-state index contributed by atoms with van der Waals surface area (Å²) in [5, 5.41) is 20.6. The molecule has 5 N–H and O–H groups in total. The smallest absolute Gasteiger partial charge is 0.444 e. The Bertz CT molecular complexity index is 5600. The van der Waals surface area contributed by atoms with Crippen LogP contribution >= 0.6 is 103 Å². The van der Waals surface area contributed by atoms with E-state index in [0.717, 1.165) is 183 Å². The van der Waals surface area contributed by atoms with Gasteiger partial charge in [0.15, 0.2) is 14.7 Å². The van der Waals surface area contributed by atoms with E-state index in [1.807, 2.05) is 67.4 Å². The van der Waals surface area contributed by atoms with Crippen LogP contribution in [0, 0.1) is 17.8 Å². The summed E-state index contributed by atoms with van der Waals surface area (Å²) < 4.78 is 53.2. The molecule has 41 heteroatoms. The van der Waals surface area contributed by atoms with Crippen LogP contribution in [0.3, 0.4) is 0 Å². The van der Waals surface area contributed by atoms with E-state index in [0.29, 0.717) is 93.1 Å². The number of carbonyl (C=O) groups is 7. The molecule has 3 aliphatic heterocycles. The maximum absolute atomic E-state index is 13.5. The van der Waals surface area contributed by atoms with E-state index in [-0.39, 0.29) is 45.9 Å². The van der Waals surface area contributed by atoms with Crippen molar-refractivity contribution in [3.8, 4) is 33.8 Å². The highest BCUT2D eigenvalue weighted by Gasteiger charge is 2.39. The van der Waals surface area contributed by atoms with Crippen molar-refractivity contribution in [2.45, 2.75) is 160 Å². The molecule has 0 aromatic carbocycles. The Balaban J connectivity index is 0.000000169. The van der Waals surface area contributed by atoms with Crippen LogP contribution < -0.4 is 16.0 Å². The van der Waals surface area contributed by atoms with Crippen LogP contribution in [0.4, 0.5) is 19.2 Å². The first-order chi connectivity index (χ1) is 61.1. The second kappa shape index (κ2) is 46.5. The third kappa shape index (κ3) is 31.3. The van der Waals surface area contributed by atoms with Crippen LogP contribution in [0.2, 0.25) is 0 Å². The number of nitrogens with one attached hydrogen (secondary N) is 3. The number of hydrogen-bond donors (Lipinski definition) is 5. The van der Waals surface area contributed by atoms with Crippen molar-refractivity contribution in [1.29, 1.82) is 0 Å². The van der Waals surface area contributed by atoms with Crippen molar-refractivity contribution in [2.24, 2.45) is 17.8 Å². The topological polar surface area (TPSA) is 410 Å². The van der Waals surface area contributed by atoms with Crippen molar-refractivity contribution in [1.82, 2.24) is 75.5 Å². The molecular formula is C87H101ClN15O16P3S6. The highest BCUT2D eigenvalue weighted by atomic mass is 35.5. The van der Waals surface area contributed by atoms with Gasteiger partial charge in [0.1, 0.15) is 42.6 Å². The van der Waals surface area contributed by atoms with Crippen LogP contribution in [-0.2, 0) is 85.3 Å². The minimum absolute atomic E-state index is 0.00822. The van der Waals surface area contributed by atoms with E-state index in [1.165, 1.54) is 38.3 Å². The van der Waals surface area contributed by atoms with Gasteiger partial charge in [0.2, 0.25) is 0 Å². The van der Waals surface area contributed by atoms with E-state index in [2.05, 4.69) is 118 Å². The van der Waals surface area contributed by atoms with Crippen LogP contribution in [0.1, 0.15) is 149 Å². The predicted molar refractivity (Wildman–Crippen MR) is 502 cm³/mol. The van der Waals surface area contributed by atoms with Gasteiger partial charge in [-0.25, -0.2) is 49.1 Å². The number of pyridine rings is 3. The minimum Gasteiger partial charge on any atom is -0.444 e. The predicted octanol–water partition coefficient (Wildman–Crippen LogP) is 18.8. The average molecular weight is 1930 g/mol. The molecule has 12 heterocycles. The fourth-order valence-corrected chi connectivity index (χ4v) is 20.5. The highest BCUT2D eigenvalue weighted by molar-refractivity contribution is 8.19. The van der Waals surface area contributed by atoms with Crippen LogP contribution in [0.25, 0.3) is 52.0 Å². The summed E-state index contributed by atoms with van der Waals surface area (Å²) in [6, 6.07) is 30.5. The summed E-state index contributed by atoms with van der Waals surface area (Å²) in [7, 11) is -9.97. The summed E-state index contributed by atoms with van der Waals surface area (Å²) in [6.07, 6.45) is 23.7. The van der Waals surface area contributed by atoms with Gasteiger partial charge in [0, 0.05) is 129 Å². The first-order valence-electron chi connectivity index (χ1n) is 41.4. The van der Waals surface area contributed by atoms with E-state index in [1.54, 1.807) is 83.0 Å². The Hall–Kier alpha value is -8.55. The molecule has 6 aliphatic rings. The Morgan fingerprint density at radius 1 is 0.516 bits per heavy atom. The molecule has 0 radical (unpaired) electrons. The van der Waals surface area contributed by atoms with Crippen LogP contribution in [-0.4, -0.2) is 179 Å². The van der Waals surface area contributed by atoms with Gasteiger partial charge in [-0.1, -0.05) is 29.8 Å². The van der Waals surface area contributed by atoms with Gasteiger partial charge in [-0.05, 0) is 258 Å². The van der Waals surface area contributed by atoms with Crippen molar-refractivity contribution in [2.75, 3.05) is 46.2 Å². The molecule has 0 atom stereocenters. The average Bonchev–Trinajstić information content (AvgIpc) is 1.79. The second-order valence-corrected chi connectivity index (χ2v) is 45.0. The van der Waals surface area contributed by atoms with Gasteiger partial charge in [-0.15, -0.1) is 0 Å². The van der Waals surface area contributed by atoms with E-state index in [9.17, 15) is 47.3 Å². The van der Waals surface area contributed by atoms with Crippen LogP contribution in [0.5, 0.6) is 0 Å². The van der Waals surface area contributed by atoms with Crippen molar-refractivity contribution in [3.05, 3.63) is 208 Å². The number of thiophene rings is 3. The number of alkyl halides is 1. The summed E-state index contributed by atoms with van der Waals surface area (Å²) >= 11 is 12.4. The Kier molecular flexibility index (Phi) is 35.8. The third-order valence-electron chi connectivity index (χ3n) is 21.0. The molecule has 0 spiro atoms. The number of phosphoric acid groups is 1. The third-order valence-corrected chi connectivity index (χ3v) is 27.8. The SMILES string of the molecule is CC(C)(C)OC(=O)N(Cc1cccc(-c2ccsc2)n1)C1CCC(Cc2nccc(/C=C3\SC(=O)N(COP(C)(C)=O)C3=O)n2)CC1.CP(C)(=O)OCCl.O=C1NC(=O)/C(=C/c2ccnc(CC3CCC(NCc4cccc(-c5ccsc5)n4)CC3)n2)S1.O=C1S/C(=C\c2ccnc(CC3CCC(NCc4cccc(-c5ccsc5)n4)CC3)n2)C(=O)N1COP(=O)(O)O. The zero-order valence-electron chi connectivity index (χ0n) is 71.5. The van der Waals surface area contributed by atoms with Gasteiger partial charge < -0.3 is 34.2 Å². The number of aromatic nitrogens is 9. The maximum atomic E-state index is 13.5. The zero-order valence-corrected chi connectivity index (χ0v) is 79.9. The molecule has 3 aliphatic carbocycles. The van der Waals surface area contributed by atoms with Crippen LogP contribution in [0.15, 0.2) is 157 Å². The maximum Gasteiger partial charge on any atom is 0.471 e. The van der Waals surface area contributed by atoms with Crippen molar-refractivity contribution in [3.63, 3.8) is 0 Å². The molecule has 6 fully saturated rings.